The van der Waals surface area contributed by atoms with Gasteiger partial charge in [0.2, 0.25) is 0 Å². The summed E-state index contributed by atoms with van der Waals surface area (Å²) in [6, 6.07) is 8.59. The van der Waals surface area contributed by atoms with Crippen LogP contribution in [0.1, 0.15) is 5.56 Å². The van der Waals surface area contributed by atoms with E-state index < -0.39 is 0 Å². The molecule has 0 aliphatic heterocycles. The smallest absolute Gasteiger partial charge is 0.155 e. The molecule has 0 spiro atoms. The Balaban J connectivity index is 2.14. The molecule has 6 heteroatoms. The van der Waals surface area contributed by atoms with Crippen LogP contribution in [-0.2, 0) is 0 Å². The highest BCUT2D eigenvalue weighted by Gasteiger charge is 2.12. The number of rotatable bonds is 2. The van der Waals surface area contributed by atoms with E-state index in [1.807, 2.05) is 6.07 Å². The van der Waals surface area contributed by atoms with E-state index in [4.69, 9.17) is 5.26 Å². The van der Waals surface area contributed by atoms with Crippen molar-refractivity contribution in [3.8, 4) is 6.07 Å². The minimum Gasteiger partial charge on any atom is -0.246 e. The van der Waals surface area contributed by atoms with E-state index in [-0.39, 0.29) is 10.8 Å². The van der Waals surface area contributed by atoms with Crippen molar-refractivity contribution in [1.29, 1.82) is 5.26 Å². The fourth-order valence-corrected chi connectivity index (χ4v) is 2.66. The van der Waals surface area contributed by atoms with Crippen molar-refractivity contribution >= 4 is 17.3 Å². The van der Waals surface area contributed by atoms with Gasteiger partial charge in [-0.2, -0.15) is 10.4 Å². The van der Waals surface area contributed by atoms with Gasteiger partial charge in [-0.3, -0.25) is 0 Å². The van der Waals surface area contributed by atoms with Crippen LogP contribution < -0.4 is 0 Å². The minimum absolute atomic E-state index is 0.278. The van der Waals surface area contributed by atoms with Crippen molar-refractivity contribution in [2.75, 3.05) is 0 Å². The van der Waals surface area contributed by atoms with Gasteiger partial charge in [-0.15, -0.1) is 0 Å². The molecule has 0 bridgehead atoms. The SMILES string of the molecule is N#Cc1cnn2cccc(Sc3ncccc3F)c12. The van der Waals surface area contributed by atoms with Gasteiger partial charge < -0.3 is 0 Å². The second-order valence-corrected chi connectivity index (χ2v) is 4.76. The monoisotopic (exact) mass is 270 g/mol. The van der Waals surface area contributed by atoms with E-state index >= 15 is 0 Å². The summed E-state index contributed by atoms with van der Waals surface area (Å²) in [6.07, 6.45) is 4.77. The van der Waals surface area contributed by atoms with Crippen molar-refractivity contribution in [2.24, 2.45) is 0 Å². The van der Waals surface area contributed by atoms with Gasteiger partial charge in [-0.25, -0.2) is 13.9 Å². The Morgan fingerprint density at radius 3 is 3.00 bits per heavy atom. The highest BCUT2D eigenvalue weighted by molar-refractivity contribution is 7.99. The second-order valence-electron chi connectivity index (χ2n) is 3.73. The number of fused-ring (bicyclic) bond motifs is 1. The van der Waals surface area contributed by atoms with Crippen LogP contribution in [0.4, 0.5) is 4.39 Å². The van der Waals surface area contributed by atoms with Crippen molar-refractivity contribution < 1.29 is 4.39 Å². The molecule has 0 fully saturated rings. The Hall–Kier alpha value is -2.39. The topological polar surface area (TPSA) is 54.0 Å². The predicted molar refractivity (Wildman–Crippen MR) is 68.2 cm³/mol. The number of hydrogen-bond acceptors (Lipinski definition) is 4. The van der Waals surface area contributed by atoms with Gasteiger partial charge in [-0.1, -0.05) is 11.8 Å². The van der Waals surface area contributed by atoms with Gasteiger partial charge in [-0.05, 0) is 24.3 Å². The molecule has 0 unspecified atom stereocenters. The van der Waals surface area contributed by atoms with Crippen molar-refractivity contribution in [3.05, 3.63) is 54.2 Å². The molecule has 3 rings (SSSR count). The van der Waals surface area contributed by atoms with E-state index in [1.54, 1.807) is 22.8 Å². The maximum atomic E-state index is 13.6. The molecule has 4 nitrogen and oxygen atoms in total. The summed E-state index contributed by atoms with van der Waals surface area (Å²) >= 11 is 1.18. The molecule has 0 aromatic carbocycles. The second kappa shape index (κ2) is 4.71. The predicted octanol–water partition coefficient (Wildman–Crippen LogP) is 2.89. The molecule has 0 aliphatic rings. The third-order valence-electron chi connectivity index (χ3n) is 2.56. The third kappa shape index (κ3) is 2.04. The molecule has 0 N–H and O–H groups in total. The highest BCUT2D eigenvalue weighted by atomic mass is 32.2. The average molecular weight is 270 g/mol. The first-order valence-electron chi connectivity index (χ1n) is 5.44. The number of nitrogens with zero attached hydrogens (tertiary/aromatic N) is 4. The molecule has 92 valence electrons. The lowest BCUT2D eigenvalue weighted by molar-refractivity contribution is 0.588. The van der Waals surface area contributed by atoms with Gasteiger partial charge in [0.25, 0.3) is 0 Å². The first kappa shape index (κ1) is 11.7. The van der Waals surface area contributed by atoms with Gasteiger partial charge in [0.15, 0.2) is 5.82 Å². The molecule has 0 aliphatic carbocycles. The maximum Gasteiger partial charge on any atom is 0.155 e. The fraction of sp³-hybridized carbons (Fsp3) is 0. The molecule has 3 aromatic heterocycles. The Kier molecular flexibility index (Phi) is 2.89. The molecular formula is C13H7FN4S. The summed E-state index contributed by atoms with van der Waals surface area (Å²) in [4.78, 5) is 4.74. The molecule has 0 atom stereocenters. The van der Waals surface area contributed by atoms with Gasteiger partial charge in [0.1, 0.15) is 11.1 Å². The number of pyridine rings is 2. The van der Waals surface area contributed by atoms with E-state index in [2.05, 4.69) is 16.2 Å². The first-order chi connectivity index (χ1) is 9.29. The highest BCUT2D eigenvalue weighted by Crippen LogP contribution is 2.32. The van der Waals surface area contributed by atoms with Crippen LogP contribution in [0.25, 0.3) is 5.52 Å². The summed E-state index contributed by atoms with van der Waals surface area (Å²) in [5.41, 5.74) is 1.12. The van der Waals surface area contributed by atoms with E-state index in [0.717, 1.165) is 4.90 Å². The molecule has 3 heterocycles. The maximum absolute atomic E-state index is 13.6. The first-order valence-corrected chi connectivity index (χ1v) is 6.26. The van der Waals surface area contributed by atoms with Crippen LogP contribution >= 0.6 is 11.8 Å². The summed E-state index contributed by atoms with van der Waals surface area (Å²) < 4.78 is 15.2. The summed E-state index contributed by atoms with van der Waals surface area (Å²) in [7, 11) is 0. The number of halogens is 1. The van der Waals surface area contributed by atoms with Crippen LogP contribution in [0.3, 0.4) is 0 Å². The zero-order valence-electron chi connectivity index (χ0n) is 9.62. The van der Waals surface area contributed by atoms with Crippen molar-refractivity contribution in [3.63, 3.8) is 0 Å². The van der Waals surface area contributed by atoms with E-state index in [9.17, 15) is 4.39 Å². The number of hydrogen-bond donors (Lipinski definition) is 0. The van der Waals surface area contributed by atoms with Crippen molar-refractivity contribution in [1.82, 2.24) is 14.6 Å². The lowest BCUT2D eigenvalue weighted by Crippen LogP contribution is -1.90. The largest absolute Gasteiger partial charge is 0.246 e. The zero-order valence-corrected chi connectivity index (χ0v) is 10.4. The van der Waals surface area contributed by atoms with E-state index in [1.165, 1.54) is 30.2 Å². The lowest BCUT2D eigenvalue weighted by Gasteiger charge is -2.04. The minimum atomic E-state index is -0.382. The van der Waals surface area contributed by atoms with Gasteiger partial charge >= 0.3 is 0 Å². The normalized spacial score (nSPS) is 10.5. The summed E-state index contributed by atoms with van der Waals surface area (Å²) in [5, 5.41) is 13.4. The average Bonchev–Trinajstić information content (AvgIpc) is 2.85. The zero-order chi connectivity index (χ0) is 13.2. The quantitative estimate of drug-likeness (QED) is 0.718. The molecule has 19 heavy (non-hydrogen) atoms. The lowest BCUT2D eigenvalue weighted by atomic mass is 10.3. The number of aromatic nitrogens is 3. The standard InChI is InChI=1S/C13H7FN4S/c14-10-3-1-5-16-13(10)19-11-4-2-6-18-12(11)9(7-15)8-17-18/h1-6,8H. The fourth-order valence-electron chi connectivity index (χ4n) is 1.73. The van der Waals surface area contributed by atoms with Crippen LogP contribution in [0.15, 0.2) is 52.8 Å². The summed E-state index contributed by atoms with van der Waals surface area (Å²) in [6.45, 7) is 0. The van der Waals surface area contributed by atoms with Crippen molar-refractivity contribution in [2.45, 2.75) is 9.92 Å². The third-order valence-corrected chi connectivity index (χ3v) is 3.60. The van der Waals surface area contributed by atoms with E-state index in [0.29, 0.717) is 11.1 Å². The number of nitriles is 1. The molecule has 3 aromatic rings. The molecule has 0 saturated carbocycles. The van der Waals surface area contributed by atoms with Crippen LogP contribution in [0.2, 0.25) is 0 Å². The molecular weight excluding hydrogens is 263 g/mol. The Bertz CT molecular complexity index is 791. The van der Waals surface area contributed by atoms with Gasteiger partial charge in [0.05, 0.1) is 17.3 Å². The Morgan fingerprint density at radius 2 is 2.21 bits per heavy atom. The molecule has 0 amide bonds. The molecule has 0 saturated heterocycles. The Labute approximate surface area is 112 Å². The molecule has 0 radical (unpaired) electrons. The van der Waals surface area contributed by atoms with Crippen LogP contribution in [0.5, 0.6) is 0 Å². The van der Waals surface area contributed by atoms with Gasteiger partial charge in [0, 0.05) is 17.3 Å². The Morgan fingerprint density at radius 1 is 1.32 bits per heavy atom. The summed E-state index contributed by atoms with van der Waals surface area (Å²) in [5.74, 6) is -0.382. The van der Waals surface area contributed by atoms with Crippen LogP contribution in [-0.4, -0.2) is 14.6 Å². The van der Waals surface area contributed by atoms with Crippen LogP contribution in [0, 0.1) is 17.1 Å².